The first-order valence-corrected chi connectivity index (χ1v) is 7.31. The number of pyridine rings is 1. The number of hydrogen-bond acceptors (Lipinski definition) is 4. The van der Waals surface area contributed by atoms with Crippen molar-refractivity contribution in [2.75, 3.05) is 0 Å². The summed E-state index contributed by atoms with van der Waals surface area (Å²) in [6.07, 6.45) is 3.35. The van der Waals surface area contributed by atoms with Gasteiger partial charge in [-0.3, -0.25) is 10.1 Å². The second kappa shape index (κ2) is 5.10. The molecule has 0 saturated heterocycles. The number of aryl methyl sites for hydroxylation is 3. The van der Waals surface area contributed by atoms with E-state index in [4.69, 9.17) is 0 Å². The Labute approximate surface area is 112 Å². The van der Waals surface area contributed by atoms with Crippen molar-refractivity contribution in [1.82, 2.24) is 19.9 Å². The van der Waals surface area contributed by atoms with Gasteiger partial charge in [-0.1, -0.05) is 0 Å². The fraction of sp³-hybridized carbons (Fsp3) is 0.333. The van der Waals surface area contributed by atoms with Gasteiger partial charge in [-0.05, 0) is 38.0 Å². The van der Waals surface area contributed by atoms with Crippen molar-refractivity contribution >= 4 is 10.0 Å². The monoisotopic (exact) mass is 280 g/mol. The highest BCUT2D eigenvalue weighted by atomic mass is 32.2. The zero-order chi connectivity index (χ0) is 14.0. The van der Waals surface area contributed by atoms with E-state index in [9.17, 15) is 8.42 Å². The van der Waals surface area contributed by atoms with Crippen molar-refractivity contribution in [3.63, 3.8) is 0 Å². The van der Waals surface area contributed by atoms with E-state index in [0.29, 0.717) is 11.4 Å². The number of hydrogen-bond donors (Lipinski definition) is 2. The summed E-state index contributed by atoms with van der Waals surface area (Å²) in [4.78, 5) is 4.20. The molecular weight excluding hydrogens is 264 g/mol. The molecule has 6 nitrogen and oxygen atoms in total. The Morgan fingerprint density at radius 1 is 1.32 bits per heavy atom. The number of sulfonamides is 1. The minimum absolute atomic E-state index is 0.221. The maximum absolute atomic E-state index is 12.2. The maximum Gasteiger partial charge on any atom is 0.244 e. The van der Waals surface area contributed by atoms with E-state index < -0.39 is 10.0 Å². The van der Waals surface area contributed by atoms with Gasteiger partial charge in [0.25, 0.3) is 0 Å². The van der Waals surface area contributed by atoms with Crippen LogP contribution >= 0.6 is 0 Å². The van der Waals surface area contributed by atoms with Gasteiger partial charge < -0.3 is 0 Å². The Bertz CT molecular complexity index is 672. The first-order chi connectivity index (χ1) is 8.92. The minimum Gasteiger partial charge on any atom is -0.281 e. The molecule has 0 aliphatic heterocycles. The molecule has 2 heterocycles. The van der Waals surface area contributed by atoms with E-state index in [1.54, 1.807) is 32.3 Å². The summed E-state index contributed by atoms with van der Waals surface area (Å²) in [5.74, 6) is 0. The summed E-state index contributed by atoms with van der Waals surface area (Å²) in [5.41, 5.74) is 2.86. The minimum atomic E-state index is -3.56. The molecule has 0 bridgehead atoms. The number of nitrogens with one attached hydrogen (secondary N) is 2. The predicted octanol–water partition coefficient (Wildman–Crippen LogP) is 1.21. The third kappa shape index (κ3) is 2.82. The average Bonchev–Trinajstić information content (AvgIpc) is 2.69. The van der Waals surface area contributed by atoms with Crippen LogP contribution in [-0.4, -0.2) is 23.6 Å². The van der Waals surface area contributed by atoms with Crippen LogP contribution < -0.4 is 4.72 Å². The van der Waals surface area contributed by atoms with Crippen molar-refractivity contribution in [2.45, 2.75) is 32.2 Å². The molecule has 7 heteroatoms. The normalized spacial score (nSPS) is 11.7. The summed E-state index contributed by atoms with van der Waals surface area (Å²) in [6, 6.07) is 1.80. The average molecular weight is 280 g/mol. The zero-order valence-electron chi connectivity index (χ0n) is 11.1. The molecular formula is C12H16N4O2S. The van der Waals surface area contributed by atoms with Crippen LogP contribution in [0.1, 0.15) is 22.5 Å². The third-order valence-corrected chi connectivity index (χ3v) is 4.58. The zero-order valence-corrected chi connectivity index (χ0v) is 11.9. The maximum atomic E-state index is 12.2. The number of H-pyrrole nitrogens is 1. The predicted molar refractivity (Wildman–Crippen MR) is 71.1 cm³/mol. The first-order valence-electron chi connectivity index (χ1n) is 5.82. The number of rotatable bonds is 4. The molecule has 0 radical (unpaired) electrons. The molecule has 0 fully saturated rings. The fourth-order valence-corrected chi connectivity index (χ4v) is 3.26. The third-order valence-electron chi connectivity index (χ3n) is 2.92. The van der Waals surface area contributed by atoms with Crippen LogP contribution in [0.5, 0.6) is 0 Å². The lowest BCUT2D eigenvalue weighted by Crippen LogP contribution is -2.24. The van der Waals surface area contributed by atoms with E-state index >= 15 is 0 Å². The van der Waals surface area contributed by atoms with Crippen LogP contribution in [0.2, 0.25) is 0 Å². The van der Waals surface area contributed by atoms with Crippen LogP contribution in [0.4, 0.5) is 0 Å². The van der Waals surface area contributed by atoms with Crippen LogP contribution in [-0.2, 0) is 16.6 Å². The van der Waals surface area contributed by atoms with E-state index in [0.717, 1.165) is 11.1 Å². The fourth-order valence-electron chi connectivity index (χ4n) is 1.88. The topological polar surface area (TPSA) is 87.7 Å². The second-order valence-corrected chi connectivity index (χ2v) is 6.09. The molecule has 0 amide bonds. The summed E-state index contributed by atoms with van der Waals surface area (Å²) in [5, 5.41) is 6.57. The van der Waals surface area contributed by atoms with Crippen molar-refractivity contribution in [3.8, 4) is 0 Å². The van der Waals surface area contributed by atoms with E-state index in [2.05, 4.69) is 19.9 Å². The smallest absolute Gasteiger partial charge is 0.244 e. The van der Waals surface area contributed by atoms with Gasteiger partial charge >= 0.3 is 0 Å². The van der Waals surface area contributed by atoms with Gasteiger partial charge in [-0.2, -0.15) is 5.10 Å². The SMILES string of the molecule is Cc1cnccc1CNS(=O)(=O)c1c(C)n[nH]c1C. The van der Waals surface area contributed by atoms with Crippen LogP contribution in [0.25, 0.3) is 0 Å². The lowest BCUT2D eigenvalue weighted by Gasteiger charge is -2.08. The molecule has 0 aliphatic carbocycles. The van der Waals surface area contributed by atoms with Crippen molar-refractivity contribution < 1.29 is 8.42 Å². The van der Waals surface area contributed by atoms with Crippen LogP contribution in [0.3, 0.4) is 0 Å². The molecule has 0 atom stereocenters. The number of aromatic amines is 1. The largest absolute Gasteiger partial charge is 0.281 e. The summed E-state index contributed by atoms with van der Waals surface area (Å²) in [6.45, 7) is 5.48. The second-order valence-electron chi connectivity index (χ2n) is 4.39. The van der Waals surface area contributed by atoms with Gasteiger partial charge in [-0.25, -0.2) is 13.1 Å². The highest BCUT2D eigenvalue weighted by Gasteiger charge is 2.21. The molecule has 19 heavy (non-hydrogen) atoms. The van der Waals surface area contributed by atoms with E-state index in [-0.39, 0.29) is 11.4 Å². The van der Waals surface area contributed by atoms with Gasteiger partial charge in [0.05, 0.1) is 11.4 Å². The molecule has 2 N–H and O–H groups in total. The van der Waals surface area contributed by atoms with Gasteiger partial charge in [0.1, 0.15) is 4.90 Å². The van der Waals surface area contributed by atoms with Gasteiger partial charge in [0.15, 0.2) is 0 Å². The first kappa shape index (κ1) is 13.7. The van der Waals surface area contributed by atoms with Crippen LogP contribution in [0.15, 0.2) is 23.4 Å². The van der Waals surface area contributed by atoms with Crippen molar-refractivity contribution in [3.05, 3.63) is 41.0 Å². The van der Waals surface area contributed by atoms with Crippen molar-refractivity contribution in [1.29, 1.82) is 0 Å². The van der Waals surface area contributed by atoms with E-state index in [1.807, 2.05) is 6.92 Å². The number of aromatic nitrogens is 3. The Balaban J connectivity index is 2.22. The Morgan fingerprint density at radius 2 is 2.05 bits per heavy atom. The Hall–Kier alpha value is -1.73. The summed E-state index contributed by atoms with van der Waals surface area (Å²) in [7, 11) is -3.56. The molecule has 2 aromatic rings. The molecule has 0 unspecified atom stereocenters. The van der Waals surface area contributed by atoms with E-state index in [1.165, 1.54) is 0 Å². The highest BCUT2D eigenvalue weighted by molar-refractivity contribution is 7.89. The standard InChI is InChI=1S/C12H16N4O2S/c1-8-6-13-5-4-11(8)7-14-19(17,18)12-9(2)15-16-10(12)3/h4-6,14H,7H2,1-3H3,(H,15,16). The molecule has 102 valence electrons. The molecule has 0 aromatic carbocycles. The lowest BCUT2D eigenvalue weighted by molar-refractivity contribution is 0.580. The number of nitrogens with zero attached hydrogens (tertiary/aromatic N) is 2. The molecule has 0 spiro atoms. The molecule has 0 saturated carbocycles. The van der Waals surface area contributed by atoms with Crippen LogP contribution in [0, 0.1) is 20.8 Å². The van der Waals surface area contributed by atoms with Crippen molar-refractivity contribution in [2.24, 2.45) is 0 Å². The Kier molecular flexibility index (Phi) is 3.68. The van der Waals surface area contributed by atoms with Gasteiger partial charge in [0, 0.05) is 18.9 Å². The molecule has 2 aromatic heterocycles. The summed E-state index contributed by atoms with van der Waals surface area (Å²) < 4.78 is 27.1. The quantitative estimate of drug-likeness (QED) is 0.881. The Morgan fingerprint density at radius 3 is 2.63 bits per heavy atom. The lowest BCUT2D eigenvalue weighted by atomic mass is 10.2. The highest BCUT2D eigenvalue weighted by Crippen LogP contribution is 2.17. The van der Waals surface area contributed by atoms with Gasteiger partial charge in [0.2, 0.25) is 10.0 Å². The molecule has 0 aliphatic rings. The summed E-state index contributed by atoms with van der Waals surface area (Å²) >= 11 is 0. The molecule has 2 rings (SSSR count). The van der Waals surface area contributed by atoms with Gasteiger partial charge in [-0.15, -0.1) is 0 Å².